The zero-order valence-electron chi connectivity index (χ0n) is 10.9. The third kappa shape index (κ3) is 2.98. The minimum absolute atomic E-state index is 0.277. The SMILES string of the molecule is CCC(Br)c1cn(Cc2ccn(C(C)C)n2)nn1. The van der Waals surface area contributed by atoms with Gasteiger partial charge < -0.3 is 0 Å². The first-order valence-electron chi connectivity index (χ1n) is 6.18. The lowest BCUT2D eigenvalue weighted by Crippen LogP contribution is -2.05. The average Bonchev–Trinajstić information content (AvgIpc) is 2.98. The predicted octanol–water partition coefficient (Wildman–Crippen LogP) is 2.95. The summed E-state index contributed by atoms with van der Waals surface area (Å²) in [6, 6.07) is 2.41. The number of aromatic nitrogens is 5. The van der Waals surface area contributed by atoms with Crippen molar-refractivity contribution in [2.45, 2.75) is 44.6 Å². The van der Waals surface area contributed by atoms with Gasteiger partial charge in [0.15, 0.2) is 0 Å². The zero-order chi connectivity index (χ0) is 13.1. The van der Waals surface area contributed by atoms with Gasteiger partial charge in [-0.3, -0.25) is 4.68 Å². The molecule has 0 saturated heterocycles. The van der Waals surface area contributed by atoms with Gasteiger partial charge in [-0.25, -0.2) is 4.68 Å². The molecule has 0 aliphatic rings. The van der Waals surface area contributed by atoms with E-state index in [1.54, 1.807) is 0 Å². The summed E-state index contributed by atoms with van der Waals surface area (Å²) in [6.45, 7) is 7.00. The van der Waals surface area contributed by atoms with Gasteiger partial charge in [-0.1, -0.05) is 28.1 Å². The molecule has 5 nitrogen and oxygen atoms in total. The monoisotopic (exact) mass is 311 g/mol. The van der Waals surface area contributed by atoms with Crippen LogP contribution in [0.2, 0.25) is 0 Å². The fourth-order valence-corrected chi connectivity index (χ4v) is 1.87. The molecular formula is C12H18BrN5. The maximum absolute atomic E-state index is 4.50. The molecule has 0 spiro atoms. The lowest BCUT2D eigenvalue weighted by atomic mass is 10.3. The molecule has 2 rings (SSSR count). The minimum Gasteiger partial charge on any atom is -0.270 e. The number of hydrogen-bond acceptors (Lipinski definition) is 3. The molecule has 1 unspecified atom stereocenters. The van der Waals surface area contributed by atoms with Crippen LogP contribution >= 0.6 is 15.9 Å². The van der Waals surface area contributed by atoms with Gasteiger partial charge in [0.2, 0.25) is 0 Å². The van der Waals surface area contributed by atoms with Gasteiger partial charge in [0.05, 0.1) is 29.0 Å². The van der Waals surface area contributed by atoms with E-state index < -0.39 is 0 Å². The molecule has 18 heavy (non-hydrogen) atoms. The third-order valence-corrected chi connectivity index (χ3v) is 3.87. The topological polar surface area (TPSA) is 48.5 Å². The van der Waals surface area contributed by atoms with Crippen LogP contribution in [0.5, 0.6) is 0 Å². The first kappa shape index (κ1) is 13.3. The summed E-state index contributed by atoms with van der Waals surface area (Å²) in [5.41, 5.74) is 1.98. The summed E-state index contributed by atoms with van der Waals surface area (Å²) in [5.74, 6) is 0. The summed E-state index contributed by atoms with van der Waals surface area (Å²) in [4.78, 5) is 0.277. The van der Waals surface area contributed by atoms with Crippen LogP contribution < -0.4 is 0 Å². The second-order valence-electron chi connectivity index (χ2n) is 4.60. The zero-order valence-corrected chi connectivity index (χ0v) is 12.5. The number of nitrogens with zero attached hydrogens (tertiary/aromatic N) is 5. The highest BCUT2D eigenvalue weighted by molar-refractivity contribution is 9.09. The molecule has 2 heterocycles. The third-order valence-electron chi connectivity index (χ3n) is 2.75. The van der Waals surface area contributed by atoms with Crippen molar-refractivity contribution in [3.8, 4) is 0 Å². The molecular weight excluding hydrogens is 294 g/mol. The van der Waals surface area contributed by atoms with Crippen LogP contribution in [0.3, 0.4) is 0 Å². The number of rotatable bonds is 5. The van der Waals surface area contributed by atoms with Crippen molar-refractivity contribution in [2.75, 3.05) is 0 Å². The van der Waals surface area contributed by atoms with Crippen LogP contribution in [-0.4, -0.2) is 24.8 Å². The van der Waals surface area contributed by atoms with Gasteiger partial charge in [-0.2, -0.15) is 5.10 Å². The van der Waals surface area contributed by atoms with Crippen molar-refractivity contribution in [1.29, 1.82) is 0 Å². The van der Waals surface area contributed by atoms with E-state index in [2.05, 4.69) is 52.1 Å². The Morgan fingerprint density at radius 3 is 2.78 bits per heavy atom. The van der Waals surface area contributed by atoms with Gasteiger partial charge in [0, 0.05) is 12.2 Å². The van der Waals surface area contributed by atoms with Gasteiger partial charge >= 0.3 is 0 Å². The maximum Gasteiger partial charge on any atom is 0.0963 e. The second kappa shape index (κ2) is 5.65. The molecule has 0 aromatic carbocycles. The number of halogens is 1. The van der Waals surface area contributed by atoms with Gasteiger partial charge in [-0.15, -0.1) is 5.10 Å². The molecule has 0 amide bonds. The smallest absolute Gasteiger partial charge is 0.0963 e. The number of hydrogen-bond donors (Lipinski definition) is 0. The molecule has 0 fully saturated rings. The standard InChI is InChI=1S/C12H18BrN5/c1-4-11(13)12-8-17(16-14-12)7-10-5-6-18(15-10)9(2)3/h5-6,8-9,11H,4,7H2,1-3H3. The molecule has 0 aliphatic heterocycles. The lowest BCUT2D eigenvalue weighted by molar-refractivity contribution is 0.519. The van der Waals surface area contributed by atoms with Crippen LogP contribution in [0.15, 0.2) is 18.5 Å². The molecule has 0 saturated carbocycles. The van der Waals surface area contributed by atoms with Crippen molar-refractivity contribution in [2.24, 2.45) is 0 Å². The van der Waals surface area contributed by atoms with E-state index in [9.17, 15) is 0 Å². The molecule has 2 aromatic heterocycles. The van der Waals surface area contributed by atoms with Gasteiger partial charge in [0.1, 0.15) is 0 Å². The molecule has 98 valence electrons. The highest BCUT2D eigenvalue weighted by Crippen LogP contribution is 2.23. The Balaban J connectivity index is 2.06. The van der Waals surface area contributed by atoms with E-state index in [1.807, 2.05) is 27.8 Å². The Kier molecular flexibility index (Phi) is 4.16. The summed E-state index contributed by atoms with van der Waals surface area (Å²) in [6.07, 6.45) is 4.97. The normalized spacial score (nSPS) is 13.2. The van der Waals surface area contributed by atoms with E-state index in [4.69, 9.17) is 0 Å². The summed E-state index contributed by atoms with van der Waals surface area (Å²) in [7, 11) is 0. The van der Waals surface area contributed by atoms with Crippen LogP contribution in [0, 0.1) is 0 Å². The van der Waals surface area contributed by atoms with E-state index in [-0.39, 0.29) is 4.83 Å². The maximum atomic E-state index is 4.50. The Hall–Kier alpha value is -1.17. The van der Waals surface area contributed by atoms with Crippen LogP contribution in [0.4, 0.5) is 0 Å². The second-order valence-corrected chi connectivity index (χ2v) is 5.70. The van der Waals surface area contributed by atoms with Gasteiger partial charge in [-0.05, 0) is 26.3 Å². The predicted molar refractivity (Wildman–Crippen MR) is 73.7 cm³/mol. The van der Waals surface area contributed by atoms with Crippen molar-refractivity contribution in [1.82, 2.24) is 24.8 Å². The summed E-state index contributed by atoms with van der Waals surface area (Å²) < 4.78 is 3.78. The quantitative estimate of drug-likeness (QED) is 0.798. The number of alkyl halides is 1. The molecule has 0 N–H and O–H groups in total. The Morgan fingerprint density at radius 2 is 2.17 bits per heavy atom. The molecule has 1 atom stereocenters. The fraction of sp³-hybridized carbons (Fsp3) is 0.583. The van der Waals surface area contributed by atoms with Crippen molar-refractivity contribution < 1.29 is 0 Å². The van der Waals surface area contributed by atoms with Crippen molar-refractivity contribution in [3.05, 3.63) is 29.8 Å². The first-order chi connectivity index (χ1) is 8.60. The molecule has 2 aromatic rings. The minimum atomic E-state index is 0.277. The van der Waals surface area contributed by atoms with E-state index in [0.29, 0.717) is 12.6 Å². The average molecular weight is 312 g/mol. The van der Waals surface area contributed by atoms with Crippen molar-refractivity contribution >= 4 is 15.9 Å². The lowest BCUT2D eigenvalue weighted by Gasteiger charge is -2.03. The Labute approximate surface area is 115 Å². The van der Waals surface area contributed by atoms with E-state index >= 15 is 0 Å². The fourth-order valence-electron chi connectivity index (χ4n) is 1.66. The van der Waals surface area contributed by atoms with Crippen LogP contribution in [-0.2, 0) is 6.54 Å². The molecule has 0 aliphatic carbocycles. The molecule has 0 bridgehead atoms. The van der Waals surface area contributed by atoms with E-state index in [1.165, 1.54) is 0 Å². The van der Waals surface area contributed by atoms with Gasteiger partial charge in [0.25, 0.3) is 0 Å². The van der Waals surface area contributed by atoms with Crippen LogP contribution in [0.1, 0.15) is 49.4 Å². The highest BCUT2D eigenvalue weighted by Gasteiger charge is 2.10. The summed E-state index contributed by atoms with van der Waals surface area (Å²) >= 11 is 3.57. The van der Waals surface area contributed by atoms with Crippen molar-refractivity contribution in [3.63, 3.8) is 0 Å². The Bertz CT molecular complexity index is 502. The largest absolute Gasteiger partial charge is 0.270 e. The summed E-state index contributed by atoms with van der Waals surface area (Å²) in [5, 5.41) is 12.8. The molecule has 0 radical (unpaired) electrons. The van der Waals surface area contributed by atoms with Crippen LogP contribution in [0.25, 0.3) is 0 Å². The van der Waals surface area contributed by atoms with E-state index in [0.717, 1.165) is 17.8 Å². The Morgan fingerprint density at radius 1 is 1.39 bits per heavy atom. The highest BCUT2D eigenvalue weighted by atomic mass is 79.9. The molecule has 6 heteroatoms. The first-order valence-corrected chi connectivity index (χ1v) is 7.09.